The van der Waals surface area contributed by atoms with Gasteiger partial charge in [-0.3, -0.25) is 0 Å². The fourth-order valence-corrected chi connectivity index (χ4v) is 2.55. The van der Waals surface area contributed by atoms with Crippen LogP contribution in [0.2, 0.25) is 0 Å². The number of likely N-dealkylation sites (N-methyl/N-ethyl adjacent to an activating group) is 1. The number of hydrogen-bond donors (Lipinski definition) is 1. The van der Waals surface area contributed by atoms with Crippen LogP contribution >= 0.6 is 0 Å². The van der Waals surface area contributed by atoms with Gasteiger partial charge in [-0.15, -0.1) is 0 Å². The fourth-order valence-electron chi connectivity index (χ4n) is 2.55. The molecule has 1 aliphatic heterocycles. The van der Waals surface area contributed by atoms with Crippen LogP contribution in [0.15, 0.2) is 12.1 Å². The molecule has 1 N–H and O–H groups in total. The molecule has 0 aromatic heterocycles. The van der Waals surface area contributed by atoms with Gasteiger partial charge < -0.3 is 29.0 Å². The molecule has 1 aromatic rings. The van der Waals surface area contributed by atoms with Gasteiger partial charge in [-0.1, -0.05) is 0 Å². The third-order valence-corrected chi connectivity index (χ3v) is 3.59. The zero-order valence-electron chi connectivity index (χ0n) is 13.0. The minimum Gasteiger partial charge on any atom is -0.496 e. The maximum Gasteiger partial charge on any atom is 0.131 e. The SMILES string of the molecule is CNC(c1c(OC)cc(OC)cc1OC)C1COCCO1. The van der Waals surface area contributed by atoms with Crippen molar-refractivity contribution in [3.05, 3.63) is 17.7 Å². The molecule has 1 heterocycles. The van der Waals surface area contributed by atoms with Gasteiger partial charge in [-0.25, -0.2) is 0 Å². The van der Waals surface area contributed by atoms with Gasteiger partial charge in [0.2, 0.25) is 0 Å². The first-order valence-corrected chi connectivity index (χ1v) is 6.91. The maximum absolute atomic E-state index is 5.81. The van der Waals surface area contributed by atoms with Crippen LogP contribution in [0.4, 0.5) is 0 Å². The Morgan fingerprint density at radius 2 is 1.76 bits per heavy atom. The Hall–Kier alpha value is -1.50. The zero-order chi connectivity index (χ0) is 15.2. The molecule has 21 heavy (non-hydrogen) atoms. The first-order chi connectivity index (χ1) is 10.2. The first-order valence-electron chi connectivity index (χ1n) is 6.91. The summed E-state index contributed by atoms with van der Waals surface area (Å²) >= 11 is 0. The molecule has 1 fully saturated rings. The summed E-state index contributed by atoms with van der Waals surface area (Å²) in [7, 11) is 6.75. The maximum atomic E-state index is 5.81. The Balaban J connectivity index is 2.42. The van der Waals surface area contributed by atoms with Crippen molar-refractivity contribution in [3.63, 3.8) is 0 Å². The van der Waals surface area contributed by atoms with Gasteiger partial charge >= 0.3 is 0 Å². The normalized spacial score (nSPS) is 19.9. The van der Waals surface area contributed by atoms with Crippen LogP contribution in [-0.2, 0) is 9.47 Å². The van der Waals surface area contributed by atoms with Gasteiger partial charge in [-0.05, 0) is 7.05 Å². The predicted octanol–water partition coefficient (Wildman–Crippen LogP) is 1.39. The average molecular weight is 297 g/mol. The molecule has 2 rings (SSSR count). The van der Waals surface area contributed by atoms with E-state index in [0.29, 0.717) is 37.1 Å². The van der Waals surface area contributed by atoms with Gasteiger partial charge in [-0.2, -0.15) is 0 Å². The van der Waals surface area contributed by atoms with Gasteiger partial charge in [0.25, 0.3) is 0 Å². The number of ether oxygens (including phenoxy) is 5. The zero-order valence-corrected chi connectivity index (χ0v) is 13.0. The summed E-state index contributed by atoms with van der Waals surface area (Å²) in [6.45, 7) is 1.75. The van der Waals surface area contributed by atoms with Crippen molar-refractivity contribution in [2.75, 3.05) is 48.2 Å². The molecular formula is C15H23NO5. The minimum absolute atomic E-state index is 0.0962. The van der Waals surface area contributed by atoms with Crippen LogP contribution in [0.1, 0.15) is 11.6 Å². The molecule has 1 aromatic carbocycles. The van der Waals surface area contributed by atoms with Crippen molar-refractivity contribution < 1.29 is 23.7 Å². The summed E-state index contributed by atoms with van der Waals surface area (Å²) in [5.74, 6) is 2.07. The van der Waals surface area contributed by atoms with E-state index in [2.05, 4.69) is 5.32 Å². The lowest BCUT2D eigenvalue weighted by Crippen LogP contribution is -2.39. The molecule has 0 spiro atoms. The smallest absolute Gasteiger partial charge is 0.131 e. The number of hydrogen-bond acceptors (Lipinski definition) is 6. The molecule has 1 saturated heterocycles. The Morgan fingerprint density at radius 3 is 2.19 bits per heavy atom. The molecule has 0 aliphatic carbocycles. The molecule has 6 nitrogen and oxygen atoms in total. The van der Waals surface area contributed by atoms with Crippen LogP contribution in [-0.4, -0.2) is 54.3 Å². The average Bonchev–Trinajstić information content (AvgIpc) is 2.56. The number of benzene rings is 1. The van der Waals surface area contributed by atoms with Crippen molar-refractivity contribution >= 4 is 0 Å². The monoisotopic (exact) mass is 297 g/mol. The van der Waals surface area contributed by atoms with Crippen molar-refractivity contribution in [2.24, 2.45) is 0 Å². The van der Waals surface area contributed by atoms with Gasteiger partial charge in [0.15, 0.2) is 0 Å². The molecule has 0 saturated carbocycles. The van der Waals surface area contributed by atoms with E-state index in [9.17, 15) is 0 Å². The Morgan fingerprint density at radius 1 is 1.10 bits per heavy atom. The van der Waals surface area contributed by atoms with Gasteiger partial charge in [0.1, 0.15) is 23.4 Å². The van der Waals surface area contributed by atoms with Crippen molar-refractivity contribution in [3.8, 4) is 17.2 Å². The fraction of sp³-hybridized carbons (Fsp3) is 0.600. The van der Waals surface area contributed by atoms with Crippen LogP contribution < -0.4 is 19.5 Å². The molecule has 6 heteroatoms. The Bertz CT molecular complexity index is 434. The molecule has 1 aliphatic rings. The highest BCUT2D eigenvalue weighted by molar-refractivity contribution is 5.52. The predicted molar refractivity (Wildman–Crippen MR) is 78.5 cm³/mol. The Labute approximate surface area is 125 Å². The molecule has 0 radical (unpaired) electrons. The third-order valence-electron chi connectivity index (χ3n) is 3.59. The van der Waals surface area contributed by atoms with Crippen LogP contribution in [0, 0.1) is 0 Å². The standard InChI is InChI=1S/C15H23NO5/c1-16-15(13-9-20-5-6-21-13)14-11(18-3)7-10(17-2)8-12(14)19-4/h7-8,13,15-16H,5-6,9H2,1-4H3. The molecule has 0 amide bonds. The third kappa shape index (κ3) is 3.40. The van der Waals surface area contributed by atoms with E-state index in [1.807, 2.05) is 19.2 Å². The second kappa shape index (κ2) is 7.49. The second-order valence-electron chi connectivity index (χ2n) is 4.70. The van der Waals surface area contributed by atoms with E-state index >= 15 is 0 Å². The highest BCUT2D eigenvalue weighted by Gasteiger charge is 2.31. The lowest BCUT2D eigenvalue weighted by atomic mass is 9.98. The number of nitrogens with one attached hydrogen (secondary N) is 1. The van der Waals surface area contributed by atoms with Crippen LogP contribution in [0.25, 0.3) is 0 Å². The first kappa shape index (κ1) is 15.9. The Kier molecular flexibility index (Phi) is 5.67. The van der Waals surface area contributed by atoms with E-state index in [0.717, 1.165) is 5.56 Å². The van der Waals surface area contributed by atoms with Crippen LogP contribution in [0.5, 0.6) is 17.2 Å². The lowest BCUT2D eigenvalue weighted by Gasteiger charge is -2.32. The number of rotatable bonds is 6. The summed E-state index contributed by atoms with van der Waals surface area (Å²) in [5.41, 5.74) is 0.902. The number of methoxy groups -OCH3 is 3. The van der Waals surface area contributed by atoms with Crippen molar-refractivity contribution in [2.45, 2.75) is 12.1 Å². The van der Waals surface area contributed by atoms with Crippen LogP contribution in [0.3, 0.4) is 0 Å². The highest BCUT2D eigenvalue weighted by atomic mass is 16.6. The quantitative estimate of drug-likeness (QED) is 0.856. The molecule has 2 atom stereocenters. The van der Waals surface area contributed by atoms with E-state index in [1.165, 1.54) is 0 Å². The summed E-state index contributed by atoms with van der Waals surface area (Å²) in [4.78, 5) is 0. The topological polar surface area (TPSA) is 58.2 Å². The summed E-state index contributed by atoms with van der Waals surface area (Å²) < 4.78 is 27.6. The van der Waals surface area contributed by atoms with Gasteiger partial charge in [0, 0.05) is 12.1 Å². The van der Waals surface area contributed by atoms with E-state index in [-0.39, 0.29) is 12.1 Å². The molecule has 0 bridgehead atoms. The van der Waals surface area contributed by atoms with Gasteiger partial charge in [0.05, 0.1) is 52.8 Å². The largest absolute Gasteiger partial charge is 0.496 e. The van der Waals surface area contributed by atoms with E-state index in [4.69, 9.17) is 23.7 Å². The minimum atomic E-state index is -0.0973. The molecule has 2 unspecified atom stereocenters. The van der Waals surface area contributed by atoms with Crippen molar-refractivity contribution in [1.29, 1.82) is 0 Å². The van der Waals surface area contributed by atoms with E-state index < -0.39 is 0 Å². The molecule has 118 valence electrons. The van der Waals surface area contributed by atoms with E-state index in [1.54, 1.807) is 21.3 Å². The second-order valence-corrected chi connectivity index (χ2v) is 4.70. The lowest BCUT2D eigenvalue weighted by molar-refractivity contribution is -0.102. The summed E-state index contributed by atoms with van der Waals surface area (Å²) in [6, 6.07) is 3.58. The summed E-state index contributed by atoms with van der Waals surface area (Å²) in [6.07, 6.45) is -0.0973. The summed E-state index contributed by atoms with van der Waals surface area (Å²) in [5, 5.41) is 3.27. The van der Waals surface area contributed by atoms with Crippen molar-refractivity contribution in [1.82, 2.24) is 5.32 Å². The molecular weight excluding hydrogens is 274 g/mol. The highest BCUT2D eigenvalue weighted by Crippen LogP contribution is 2.40.